The standard InChI is InChI=1S/C12H15NO5/c1-7-3-4-18-10(7)11(15)13-6-8(14)5-9(13)12(16)17-2/h3-4,8-9,14H,5-6H2,1-2H3. The van der Waals surface area contributed by atoms with Crippen LogP contribution in [0.25, 0.3) is 0 Å². The van der Waals surface area contributed by atoms with Crippen LogP contribution in [0.1, 0.15) is 22.5 Å². The number of aryl methyl sites for hydroxylation is 1. The van der Waals surface area contributed by atoms with Crippen LogP contribution < -0.4 is 0 Å². The first kappa shape index (κ1) is 12.6. The molecule has 1 aliphatic heterocycles. The second-order valence-electron chi connectivity index (χ2n) is 4.32. The molecule has 1 amide bonds. The van der Waals surface area contributed by atoms with E-state index in [1.165, 1.54) is 18.3 Å². The van der Waals surface area contributed by atoms with Crippen LogP contribution in [0.15, 0.2) is 16.7 Å². The first-order valence-electron chi connectivity index (χ1n) is 5.65. The van der Waals surface area contributed by atoms with Crippen molar-refractivity contribution in [3.8, 4) is 0 Å². The molecule has 98 valence electrons. The van der Waals surface area contributed by atoms with Crippen LogP contribution in [0.3, 0.4) is 0 Å². The van der Waals surface area contributed by atoms with Gasteiger partial charge in [0, 0.05) is 18.5 Å². The maximum atomic E-state index is 12.2. The Bertz CT molecular complexity index is 467. The Kier molecular flexibility index (Phi) is 3.38. The third kappa shape index (κ3) is 2.11. The summed E-state index contributed by atoms with van der Waals surface area (Å²) in [6.07, 6.45) is 0.897. The average Bonchev–Trinajstić information content (AvgIpc) is 2.93. The number of aliphatic hydroxyl groups is 1. The normalized spacial score (nSPS) is 23.2. The highest BCUT2D eigenvalue weighted by molar-refractivity contribution is 5.96. The Balaban J connectivity index is 2.23. The van der Waals surface area contributed by atoms with E-state index in [9.17, 15) is 14.7 Å². The Morgan fingerprint density at radius 1 is 1.56 bits per heavy atom. The number of furan rings is 1. The molecule has 1 N–H and O–H groups in total. The second kappa shape index (κ2) is 4.81. The highest BCUT2D eigenvalue weighted by Gasteiger charge is 2.41. The molecular formula is C12H15NO5. The summed E-state index contributed by atoms with van der Waals surface area (Å²) in [6.45, 7) is 1.86. The monoisotopic (exact) mass is 253 g/mol. The number of carbonyl (C=O) groups is 2. The molecule has 2 heterocycles. The Morgan fingerprint density at radius 3 is 2.83 bits per heavy atom. The van der Waals surface area contributed by atoms with Gasteiger partial charge >= 0.3 is 5.97 Å². The van der Waals surface area contributed by atoms with Gasteiger partial charge in [-0.1, -0.05) is 0 Å². The number of esters is 1. The molecule has 0 bridgehead atoms. The summed E-state index contributed by atoms with van der Waals surface area (Å²) >= 11 is 0. The molecule has 18 heavy (non-hydrogen) atoms. The lowest BCUT2D eigenvalue weighted by molar-refractivity contribution is -0.145. The average molecular weight is 253 g/mol. The minimum Gasteiger partial charge on any atom is -0.467 e. The molecule has 6 nitrogen and oxygen atoms in total. The predicted octanol–water partition coefficient (Wildman–Crippen LogP) is 0.336. The summed E-state index contributed by atoms with van der Waals surface area (Å²) in [5.74, 6) is -0.730. The molecule has 2 rings (SSSR count). The van der Waals surface area contributed by atoms with Gasteiger partial charge in [0.05, 0.1) is 19.5 Å². The van der Waals surface area contributed by atoms with Gasteiger partial charge in [-0.15, -0.1) is 0 Å². The van der Waals surface area contributed by atoms with Crippen molar-refractivity contribution in [3.05, 3.63) is 23.7 Å². The molecule has 2 unspecified atom stereocenters. The van der Waals surface area contributed by atoms with Crippen molar-refractivity contribution in [2.45, 2.75) is 25.5 Å². The van der Waals surface area contributed by atoms with Gasteiger partial charge in [-0.25, -0.2) is 4.79 Å². The Labute approximate surface area is 104 Å². The minimum absolute atomic E-state index is 0.110. The third-order valence-corrected chi connectivity index (χ3v) is 3.07. The van der Waals surface area contributed by atoms with Gasteiger partial charge in [0.2, 0.25) is 0 Å². The number of methoxy groups -OCH3 is 1. The number of hydrogen-bond acceptors (Lipinski definition) is 5. The van der Waals surface area contributed by atoms with Crippen molar-refractivity contribution in [1.82, 2.24) is 4.90 Å². The molecule has 1 aliphatic rings. The molecule has 2 atom stereocenters. The molecule has 1 fully saturated rings. The third-order valence-electron chi connectivity index (χ3n) is 3.07. The molecule has 0 aromatic carbocycles. The van der Waals surface area contributed by atoms with Gasteiger partial charge < -0.3 is 19.2 Å². The molecule has 1 saturated heterocycles. The molecule has 6 heteroatoms. The number of likely N-dealkylation sites (tertiary alicyclic amines) is 1. The van der Waals surface area contributed by atoms with E-state index in [0.717, 1.165) is 0 Å². The summed E-state index contributed by atoms with van der Waals surface area (Å²) in [6, 6.07) is 0.925. The summed E-state index contributed by atoms with van der Waals surface area (Å²) in [4.78, 5) is 25.1. The van der Waals surface area contributed by atoms with Gasteiger partial charge in [0.15, 0.2) is 5.76 Å². The van der Waals surface area contributed by atoms with E-state index in [1.54, 1.807) is 13.0 Å². The largest absolute Gasteiger partial charge is 0.467 e. The molecule has 0 spiro atoms. The first-order chi connectivity index (χ1) is 8.54. The van der Waals surface area contributed by atoms with Crippen LogP contribution >= 0.6 is 0 Å². The number of amides is 1. The van der Waals surface area contributed by atoms with Crippen molar-refractivity contribution < 1.29 is 23.8 Å². The van der Waals surface area contributed by atoms with Gasteiger partial charge in [-0.2, -0.15) is 0 Å². The van der Waals surface area contributed by atoms with E-state index in [1.807, 2.05) is 0 Å². The fraction of sp³-hybridized carbons (Fsp3) is 0.500. The van der Waals surface area contributed by atoms with Crippen molar-refractivity contribution in [1.29, 1.82) is 0 Å². The maximum Gasteiger partial charge on any atom is 0.328 e. The number of ether oxygens (including phenoxy) is 1. The quantitative estimate of drug-likeness (QED) is 0.768. The van der Waals surface area contributed by atoms with Crippen LogP contribution in [0.4, 0.5) is 0 Å². The second-order valence-corrected chi connectivity index (χ2v) is 4.32. The number of carbonyl (C=O) groups excluding carboxylic acids is 2. The van der Waals surface area contributed by atoms with E-state index >= 15 is 0 Å². The van der Waals surface area contributed by atoms with Crippen molar-refractivity contribution in [2.75, 3.05) is 13.7 Å². The van der Waals surface area contributed by atoms with Gasteiger partial charge in [0.1, 0.15) is 6.04 Å². The van der Waals surface area contributed by atoms with Gasteiger partial charge in [-0.05, 0) is 13.0 Å². The van der Waals surface area contributed by atoms with Gasteiger partial charge in [0.25, 0.3) is 5.91 Å². The van der Waals surface area contributed by atoms with Crippen LogP contribution in [0.2, 0.25) is 0 Å². The zero-order valence-electron chi connectivity index (χ0n) is 10.3. The molecule has 1 aromatic rings. The number of rotatable bonds is 2. The molecule has 0 radical (unpaired) electrons. The van der Waals surface area contributed by atoms with Crippen LogP contribution in [0, 0.1) is 6.92 Å². The molecule has 0 aliphatic carbocycles. The lowest BCUT2D eigenvalue weighted by Gasteiger charge is -2.21. The first-order valence-corrected chi connectivity index (χ1v) is 5.65. The number of aliphatic hydroxyl groups excluding tert-OH is 1. The Morgan fingerprint density at radius 2 is 2.28 bits per heavy atom. The van der Waals surface area contributed by atoms with Crippen molar-refractivity contribution >= 4 is 11.9 Å². The molecule has 0 saturated carbocycles. The number of β-amino-alcohol motifs (C(OH)–C–C–N with tert-alkyl or cyclic N) is 1. The summed E-state index contributed by atoms with van der Waals surface area (Å²) in [7, 11) is 1.26. The van der Waals surface area contributed by atoms with Crippen LogP contribution in [-0.4, -0.2) is 47.7 Å². The van der Waals surface area contributed by atoms with E-state index in [2.05, 4.69) is 4.74 Å². The summed E-state index contributed by atoms with van der Waals surface area (Å²) < 4.78 is 9.75. The van der Waals surface area contributed by atoms with Crippen LogP contribution in [-0.2, 0) is 9.53 Å². The van der Waals surface area contributed by atoms with Crippen molar-refractivity contribution in [3.63, 3.8) is 0 Å². The number of nitrogens with zero attached hydrogens (tertiary/aromatic N) is 1. The van der Waals surface area contributed by atoms with E-state index in [0.29, 0.717) is 5.56 Å². The SMILES string of the molecule is COC(=O)C1CC(O)CN1C(=O)c1occc1C. The Hall–Kier alpha value is -1.82. The zero-order chi connectivity index (χ0) is 13.3. The lowest BCUT2D eigenvalue weighted by atomic mass is 10.2. The zero-order valence-corrected chi connectivity index (χ0v) is 10.3. The summed E-state index contributed by atoms with van der Waals surface area (Å²) in [5, 5.41) is 9.60. The molecular weight excluding hydrogens is 238 g/mol. The minimum atomic E-state index is -0.748. The smallest absolute Gasteiger partial charge is 0.328 e. The highest BCUT2D eigenvalue weighted by Crippen LogP contribution is 2.23. The maximum absolute atomic E-state index is 12.2. The summed E-state index contributed by atoms with van der Waals surface area (Å²) in [5.41, 5.74) is 0.699. The number of hydrogen-bond donors (Lipinski definition) is 1. The van der Waals surface area contributed by atoms with Gasteiger partial charge in [-0.3, -0.25) is 4.79 Å². The van der Waals surface area contributed by atoms with E-state index in [-0.39, 0.29) is 18.7 Å². The fourth-order valence-electron chi connectivity index (χ4n) is 2.12. The van der Waals surface area contributed by atoms with E-state index in [4.69, 9.17) is 4.42 Å². The fourth-order valence-corrected chi connectivity index (χ4v) is 2.12. The predicted molar refractivity (Wildman–Crippen MR) is 60.9 cm³/mol. The highest BCUT2D eigenvalue weighted by atomic mass is 16.5. The van der Waals surface area contributed by atoms with Crippen molar-refractivity contribution in [2.24, 2.45) is 0 Å². The van der Waals surface area contributed by atoms with Crippen LogP contribution in [0.5, 0.6) is 0 Å². The molecule has 1 aromatic heterocycles. The topological polar surface area (TPSA) is 80.0 Å². The van der Waals surface area contributed by atoms with E-state index < -0.39 is 24.0 Å². The lowest BCUT2D eigenvalue weighted by Crippen LogP contribution is -2.41.